The van der Waals surface area contributed by atoms with Crippen molar-refractivity contribution in [3.63, 3.8) is 0 Å². The molecule has 19 heavy (non-hydrogen) atoms. The average molecular weight is 253 g/mol. The van der Waals surface area contributed by atoms with Crippen LogP contribution in [-0.4, -0.2) is 16.5 Å². The molecule has 3 aromatic rings. The van der Waals surface area contributed by atoms with Gasteiger partial charge < -0.3 is 10.5 Å². The molecule has 0 unspecified atom stereocenters. The Morgan fingerprint density at radius 3 is 2.63 bits per heavy atom. The van der Waals surface area contributed by atoms with Gasteiger partial charge in [-0.3, -0.25) is 4.40 Å². The van der Waals surface area contributed by atoms with Gasteiger partial charge in [0.1, 0.15) is 11.6 Å². The first-order valence-electron chi connectivity index (χ1n) is 6.12. The number of methoxy groups -OCH3 is 1. The second-order valence-corrected chi connectivity index (χ2v) is 4.35. The smallest absolute Gasteiger partial charge is 0.144 e. The molecule has 0 saturated heterocycles. The molecule has 4 heteroatoms. The van der Waals surface area contributed by atoms with Crippen LogP contribution in [0.25, 0.3) is 16.9 Å². The van der Waals surface area contributed by atoms with Gasteiger partial charge in [-0.15, -0.1) is 0 Å². The summed E-state index contributed by atoms with van der Waals surface area (Å²) >= 11 is 0. The van der Waals surface area contributed by atoms with Gasteiger partial charge in [-0.2, -0.15) is 0 Å². The van der Waals surface area contributed by atoms with Gasteiger partial charge in [-0.1, -0.05) is 6.07 Å². The normalized spacial score (nSPS) is 10.8. The molecule has 1 aromatic carbocycles. The predicted molar refractivity (Wildman–Crippen MR) is 75.1 cm³/mol. The Bertz CT molecular complexity index is 701. The molecule has 0 radical (unpaired) electrons. The summed E-state index contributed by atoms with van der Waals surface area (Å²) in [4.78, 5) is 4.48. The molecule has 3 rings (SSSR count). The molecule has 0 bridgehead atoms. The molecule has 0 amide bonds. The number of ether oxygens (including phenoxy) is 1. The van der Waals surface area contributed by atoms with E-state index in [1.54, 1.807) is 7.11 Å². The van der Waals surface area contributed by atoms with Gasteiger partial charge in [0.25, 0.3) is 0 Å². The van der Waals surface area contributed by atoms with Crippen molar-refractivity contribution in [2.75, 3.05) is 7.11 Å². The molecular formula is C15H15N3O. The van der Waals surface area contributed by atoms with Crippen LogP contribution in [0.15, 0.2) is 48.8 Å². The Morgan fingerprint density at radius 2 is 1.95 bits per heavy atom. The maximum absolute atomic E-state index is 5.69. The molecule has 0 aliphatic heterocycles. The molecule has 96 valence electrons. The van der Waals surface area contributed by atoms with Crippen molar-refractivity contribution >= 4 is 5.52 Å². The number of fused-ring (bicyclic) bond motifs is 1. The van der Waals surface area contributed by atoms with Gasteiger partial charge in [0, 0.05) is 18.3 Å². The molecule has 4 nitrogen and oxygen atoms in total. The Morgan fingerprint density at radius 1 is 1.16 bits per heavy atom. The fourth-order valence-electron chi connectivity index (χ4n) is 2.11. The van der Waals surface area contributed by atoms with Crippen molar-refractivity contribution in [1.82, 2.24) is 9.38 Å². The summed E-state index contributed by atoms with van der Waals surface area (Å²) in [5.74, 6) is 1.75. The summed E-state index contributed by atoms with van der Waals surface area (Å²) in [6, 6.07) is 11.9. The lowest BCUT2D eigenvalue weighted by Gasteiger charge is -2.05. The van der Waals surface area contributed by atoms with Crippen LogP contribution in [-0.2, 0) is 6.54 Å². The zero-order valence-corrected chi connectivity index (χ0v) is 10.7. The molecule has 0 saturated carbocycles. The third-order valence-corrected chi connectivity index (χ3v) is 3.17. The number of benzene rings is 1. The fraction of sp³-hybridized carbons (Fsp3) is 0.133. The number of nitrogens with zero attached hydrogens (tertiary/aromatic N) is 2. The molecule has 2 heterocycles. The first kappa shape index (κ1) is 11.7. The highest BCUT2D eigenvalue weighted by molar-refractivity contribution is 5.63. The quantitative estimate of drug-likeness (QED) is 0.780. The highest BCUT2D eigenvalue weighted by atomic mass is 16.5. The molecule has 0 atom stereocenters. The third kappa shape index (κ3) is 2.06. The SMILES string of the molecule is COc1ccc(-c2ncc3ccc(CN)cn23)cc1. The van der Waals surface area contributed by atoms with Crippen LogP contribution in [0.3, 0.4) is 0 Å². The highest BCUT2D eigenvalue weighted by Crippen LogP contribution is 2.22. The van der Waals surface area contributed by atoms with Crippen molar-refractivity contribution < 1.29 is 4.74 Å². The van der Waals surface area contributed by atoms with E-state index >= 15 is 0 Å². The van der Waals surface area contributed by atoms with Crippen molar-refractivity contribution in [2.45, 2.75) is 6.54 Å². The lowest BCUT2D eigenvalue weighted by Crippen LogP contribution is -1.99. The summed E-state index contributed by atoms with van der Waals surface area (Å²) in [7, 11) is 1.66. The van der Waals surface area contributed by atoms with Crippen LogP contribution < -0.4 is 10.5 Å². The monoisotopic (exact) mass is 253 g/mol. The van der Waals surface area contributed by atoms with Gasteiger partial charge in [-0.25, -0.2) is 4.98 Å². The number of pyridine rings is 1. The van der Waals surface area contributed by atoms with E-state index in [1.807, 2.05) is 48.8 Å². The van der Waals surface area contributed by atoms with Gasteiger partial charge >= 0.3 is 0 Å². The third-order valence-electron chi connectivity index (χ3n) is 3.17. The van der Waals surface area contributed by atoms with Gasteiger partial charge in [0.05, 0.1) is 18.8 Å². The lowest BCUT2D eigenvalue weighted by molar-refractivity contribution is 0.415. The van der Waals surface area contributed by atoms with E-state index in [4.69, 9.17) is 10.5 Å². The first-order chi connectivity index (χ1) is 9.31. The van der Waals surface area contributed by atoms with Crippen molar-refractivity contribution in [3.8, 4) is 17.1 Å². The second-order valence-electron chi connectivity index (χ2n) is 4.35. The Balaban J connectivity index is 2.12. The minimum atomic E-state index is 0.524. The zero-order valence-electron chi connectivity index (χ0n) is 10.7. The number of aromatic nitrogens is 2. The van der Waals surface area contributed by atoms with Crippen LogP contribution >= 0.6 is 0 Å². The summed E-state index contributed by atoms with van der Waals surface area (Å²) in [5, 5.41) is 0. The van der Waals surface area contributed by atoms with E-state index < -0.39 is 0 Å². The minimum absolute atomic E-state index is 0.524. The second kappa shape index (κ2) is 4.74. The molecular weight excluding hydrogens is 238 g/mol. The van der Waals surface area contributed by atoms with E-state index in [0.29, 0.717) is 6.54 Å². The van der Waals surface area contributed by atoms with E-state index in [9.17, 15) is 0 Å². The van der Waals surface area contributed by atoms with Gasteiger partial charge in [-0.05, 0) is 35.9 Å². The maximum Gasteiger partial charge on any atom is 0.144 e. The molecule has 2 aromatic heterocycles. The molecule has 0 aliphatic carbocycles. The highest BCUT2D eigenvalue weighted by Gasteiger charge is 2.06. The zero-order chi connectivity index (χ0) is 13.2. The number of rotatable bonds is 3. The Kier molecular flexibility index (Phi) is 2.93. The summed E-state index contributed by atoms with van der Waals surface area (Å²) < 4.78 is 7.23. The van der Waals surface area contributed by atoms with Crippen molar-refractivity contribution in [3.05, 3.63) is 54.4 Å². The van der Waals surface area contributed by atoms with Crippen LogP contribution in [0.5, 0.6) is 5.75 Å². The summed E-state index contributed by atoms with van der Waals surface area (Å²) in [6.07, 6.45) is 3.89. The largest absolute Gasteiger partial charge is 0.497 e. The van der Waals surface area contributed by atoms with E-state index in [-0.39, 0.29) is 0 Å². The Hall–Kier alpha value is -2.33. The maximum atomic E-state index is 5.69. The first-order valence-corrected chi connectivity index (χ1v) is 6.12. The Labute approximate surface area is 111 Å². The van der Waals surface area contributed by atoms with Crippen molar-refractivity contribution in [2.24, 2.45) is 5.73 Å². The molecule has 0 fully saturated rings. The van der Waals surface area contributed by atoms with Crippen molar-refractivity contribution in [1.29, 1.82) is 0 Å². The topological polar surface area (TPSA) is 52.5 Å². The number of hydrogen-bond acceptors (Lipinski definition) is 3. The molecule has 2 N–H and O–H groups in total. The van der Waals surface area contributed by atoms with Crippen LogP contribution in [0, 0.1) is 0 Å². The molecule has 0 spiro atoms. The molecule has 0 aliphatic rings. The average Bonchev–Trinajstić information content (AvgIpc) is 2.90. The van der Waals surface area contributed by atoms with Crippen LogP contribution in [0.2, 0.25) is 0 Å². The number of imidazole rings is 1. The lowest BCUT2D eigenvalue weighted by atomic mass is 10.2. The standard InChI is InChI=1S/C15H15N3O/c1-19-14-6-3-12(4-7-14)15-17-9-13-5-2-11(8-16)10-18(13)15/h2-7,9-10H,8,16H2,1H3. The van der Waals surface area contributed by atoms with Gasteiger partial charge in [0.15, 0.2) is 0 Å². The predicted octanol–water partition coefficient (Wildman–Crippen LogP) is 2.47. The van der Waals surface area contributed by atoms with Crippen LogP contribution in [0.1, 0.15) is 5.56 Å². The van der Waals surface area contributed by atoms with E-state index in [0.717, 1.165) is 28.2 Å². The number of hydrogen-bond donors (Lipinski definition) is 1. The van der Waals surface area contributed by atoms with E-state index in [1.165, 1.54) is 0 Å². The summed E-state index contributed by atoms with van der Waals surface area (Å²) in [5.41, 5.74) is 8.88. The minimum Gasteiger partial charge on any atom is -0.497 e. The van der Waals surface area contributed by atoms with Gasteiger partial charge in [0.2, 0.25) is 0 Å². The fourth-order valence-corrected chi connectivity index (χ4v) is 2.11. The summed E-state index contributed by atoms with van der Waals surface area (Å²) in [6.45, 7) is 0.524. The van der Waals surface area contributed by atoms with E-state index in [2.05, 4.69) is 9.38 Å². The van der Waals surface area contributed by atoms with Crippen LogP contribution in [0.4, 0.5) is 0 Å². The number of nitrogens with two attached hydrogens (primary N) is 1.